The highest BCUT2D eigenvalue weighted by molar-refractivity contribution is 5.90. The first-order valence-corrected chi connectivity index (χ1v) is 7.77. The number of nitrogens with zero attached hydrogens (tertiary/aromatic N) is 3. The van der Waals surface area contributed by atoms with Gasteiger partial charge >= 0.3 is 0 Å². The van der Waals surface area contributed by atoms with Crippen molar-refractivity contribution in [3.63, 3.8) is 0 Å². The molecule has 124 valence electrons. The second kappa shape index (κ2) is 6.04. The third kappa shape index (κ3) is 2.88. The van der Waals surface area contributed by atoms with Crippen molar-refractivity contribution >= 4 is 22.8 Å². The van der Waals surface area contributed by atoms with Gasteiger partial charge in [-0.2, -0.15) is 4.98 Å². The fourth-order valence-corrected chi connectivity index (χ4v) is 2.88. The van der Waals surface area contributed by atoms with Gasteiger partial charge in [-0.1, -0.05) is 0 Å². The number of benzene rings is 1. The first-order valence-electron chi connectivity index (χ1n) is 7.77. The van der Waals surface area contributed by atoms with Gasteiger partial charge in [0.15, 0.2) is 5.82 Å². The van der Waals surface area contributed by atoms with Crippen molar-refractivity contribution in [2.24, 2.45) is 0 Å². The molecule has 1 saturated heterocycles. The molecule has 24 heavy (non-hydrogen) atoms. The average molecular weight is 329 g/mol. The first-order chi connectivity index (χ1) is 11.7. The van der Waals surface area contributed by atoms with Gasteiger partial charge in [-0.3, -0.25) is 15.2 Å². The number of anilines is 1. The average Bonchev–Trinajstić information content (AvgIpc) is 3.28. The predicted molar refractivity (Wildman–Crippen MR) is 84.8 cm³/mol. The zero-order valence-electron chi connectivity index (χ0n) is 12.8. The Hall–Kier alpha value is -2.74. The van der Waals surface area contributed by atoms with Gasteiger partial charge in [0.1, 0.15) is 18.5 Å². The van der Waals surface area contributed by atoms with E-state index in [1.807, 2.05) is 6.07 Å². The van der Waals surface area contributed by atoms with E-state index < -0.39 is 0 Å². The molecule has 3 aromatic rings. The maximum atomic E-state index is 13.4. The van der Waals surface area contributed by atoms with E-state index in [0.29, 0.717) is 17.9 Å². The lowest BCUT2D eigenvalue weighted by atomic mass is 10.2. The molecule has 7 nitrogen and oxygen atoms in total. The molecule has 0 saturated carbocycles. The molecular formula is C16H16FN5O2. The monoisotopic (exact) mass is 329 g/mol. The van der Waals surface area contributed by atoms with Gasteiger partial charge in [0.2, 0.25) is 11.9 Å². The molecule has 1 atom stereocenters. The number of H-pyrrole nitrogens is 1. The van der Waals surface area contributed by atoms with Crippen molar-refractivity contribution in [1.82, 2.24) is 19.7 Å². The SMILES string of the molecule is O=C(Cn1ccc2ccc(F)cc21)Nc1n[nH]c([C@H]2CCCO2)n1. The number of carbonyl (C=O) groups is 1. The molecule has 2 N–H and O–H groups in total. The topological polar surface area (TPSA) is 84.8 Å². The second-order valence-corrected chi connectivity index (χ2v) is 5.74. The first kappa shape index (κ1) is 14.8. The van der Waals surface area contributed by atoms with Gasteiger partial charge in [-0.15, -0.1) is 5.10 Å². The maximum Gasteiger partial charge on any atom is 0.248 e. The quantitative estimate of drug-likeness (QED) is 0.770. The summed E-state index contributed by atoms with van der Waals surface area (Å²) in [6.45, 7) is 0.765. The summed E-state index contributed by atoms with van der Waals surface area (Å²) in [5.41, 5.74) is 0.667. The summed E-state index contributed by atoms with van der Waals surface area (Å²) >= 11 is 0. The lowest BCUT2D eigenvalue weighted by molar-refractivity contribution is -0.116. The smallest absolute Gasteiger partial charge is 0.248 e. The van der Waals surface area contributed by atoms with Crippen LogP contribution in [0.15, 0.2) is 30.5 Å². The van der Waals surface area contributed by atoms with E-state index in [0.717, 1.165) is 18.2 Å². The zero-order chi connectivity index (χ0) is 16.5. The van der Waals surface area contributed by atoms with Gasteiger partial charge in [0, 0.05) is 12.8 Å². The number of carbonyl (C=O) groups excluding carboxylic acids is 1. The minimum absolute atomic E-state index is 0.0523. The minimum atomic E-state index is -0.335. The predicted octanol–water partition coefficient (Wildman–Crippen LogP) is 2.39. The van der Waals surface area contributed by atoms with Crippen molar-refractivity contribution in [2.45, 2.75) is 25.5 Å². The van der Waals surface area contributed by atoms with Crippen LogP contribution in [0.5, 0.6) is 0 Å². The van der Waals surface area contributed by atoms with Crippen LogP contribution >= 0.6 is 0 Å². The number of aromatic amines is 1. The third-order valence-electron chi connectivity index (χ3n) is 4.04. The fraction of sp³-hybridized carbons (Fsp3) is 0.312. The number of aromatic nitrogens is 4. The molecule has 3 heterocycles. The van der Waals surface area contributed by atoms with Crippen LogP contribution < -0.4 is 5.32 Å². The molecule has 1 amide bonds. The van der Waals surface area contributed by atoms with Crippen LogP contribution in [-0.2, 0) is 16.1 Å². The molecule has 8 heteroatoms. The van der Waals surface area contributed by atoms with Crippen LogP contribution in [0, 0.1) is 5.82 Å². The van der Waals surface area contributed by atoms with Crippen LogP contribution in [-0.4, -0.2) is 32.3 Å². The van der Waals surface area contributed by atoms with E-state index in [1.54, 1.807) is 16.8 Å². The molecule has 4 rings (SSSR count). The molecule has 1 fully saturated rings. The fourth-order valence-electron chi connectivity index (χ4n) is 2.88. The molecule has 0 unspecified atom stereocenters. The highest BCUT2D eigenvalue weighted by atomic mass is 19.1. The molecule has 1 aromatic carbocycles. The number of hydrogen-bond donors (Lipinski definition) is 2. The van der Waals surface area contributed by atoms with E-state index in [2.05, 4.69) is 20.5 Å². The minimum Gasteiger partial charge on any atom is -0.370 e. The zero-order valence-corrected chi connectivity index (χ0v) is 12.8. The number of ether oxygens (including phenoxy) is 1. The lowest BCUT2D eigenvalue weighted by Gasteiger charge is -2.05. The number of nitrogens with one attached hydrogen (secondary N) is 2. The molecule has 1 aliphatic heterocycles. The normalized spacial score (nSPS) is 17.5. The van der Waals surface area contributed by atoms with Crippen molar-refractivity contribution in [1.29, 1.82) is 0 Å². The third-order valence-corrected chi connectivity index (χ3v) is 4.04. The highest BCUT2D eigenvalue weighted by Crippen LogP contribution is 2.26. The van der Waals surface area contributed by atoms with Crippen LogP contribution in [0.1, 0.15) is 24.8 Å². The Kier molecular flexibility index (Phi) is 3.73. The highest BCUT2D eigenvalue weighted by Gasteiger charge is 2.21. The number of halogens is 1. The molecular weight excluding hydrogens is 313 g/mol. The lowest BCUT2D eigenvalue weighted by Crippen LogP contribution is -2.19. The van der Waals surface area contributed by atoms with E-state index in [1.165, 1.54) is 12.1 Å². The van der Waals surface area contributed by atoms with Crippen LogP contribution in [0.3, 0.4) is 0 Å². The van der Waals surface area contributed by atoms with E-state index in [4.69, 9.17) is 4.74 Å². The van der Waals surface area contributed by atoms with Gasteiger partial charge < -0.3 is 9.30 Å². The van der Waals surface area contributed by atoms with Crippen molar-refractivity contribution in [3.05, 3.63) is 42.1 Å². The molecule has 0 spiro atoms. The van der Waals surface area contributed by atoms with Crippen molar-refractivity contribution < 1.29 is 13.9 Å². The van der Waals surface area contributed by atoms with Gasteiger partial charge in [-0.25, -0.2) is 4.39 Å². The van der Waals surface area contributed by atoms with Crippen LogP contribution in [0.4, 0.5) is 10.3 Å². The molecule has 2 aromatic heterocycles. The Morgan fingerprint density at radius 1 is 1.46 bits per heavy atom. The van der Waals surface area contributed by atoms with Gasteiger partial charge in [0.05, 0.1) is 5.52 Å². The van der Waals surface area contributed by atoms with Gasteiger partial charge in [0.25, 0.3) is 0 Å². The Morgan fingerprint density at radius 3 is 3.21 bits per heavy atom. The number of fused-ring (bicyclic) bond motifs is 1. The summed E-state index contributed by atoms with van der Waals surface area (Å²) in [4.78, 5) is 16.4. The summed E-state index contributed by atoms with van der Waals surface area (Å²) < 4.78 is 20.6. The summed E-state index contributed by atoms with van der Waals surface area (Å²) in [5, 5.41) is 10.3. The van der Waals surface area contributed by atoms with E-state index >= 15 is 0 Å². The van der Waals surface area contributed by atoms with Crippen molar-refractivity contribution in [2.75, 3.05) is 11.9 Å². The van der Waals surface area contributed by atoms with E-state index in [9.17, 15) is 9.18 Å². The maximum absolute atomic E-state index is 13.4. The van der Waals surface area contributed by atoms with Crippen LogP contribution in [0.2, 0.25) is 0 Å². The molecule has 0 aliphatic carbocycles. The van der Waals surface area contributed by atoms with Gasteiger partial charge in [-0.05, 0) is 42.5 Å². The Bertz CT molecular complexity index is 882. The summed E-state index contributed by atoms with van der Waals surface area (Å²) in [6.07, 6.45) is 3.55. The summed E-state index contributed by atoms with van der Waals surface area (Å²) in [6, 6.07) is 6.32. The number of hydrogen-bond acceptors (Lipinski definition) is 4. The molecule has 0 radical (unpaired) electrons. The number of amides is 1. The Morgan fingerprint density at radius 2 is 2.38 bits per heavy atom. The number of rotatable bonds is 4. The molecule has 0 bridgehead atoms. The second-order valence-electron chi connectivity index (χ2n) is 5.74. The summed E-state index contributed by atoms with van der Waals surface area (Å²) in [7, 11) is 0. The van der Waals surface area contributed by atoms with Crippen LogP contribution in [0.25, 0.3) is 10.9 Å². The molecule has 1 aliphatic rings. The Labute approximate surface area is 136 Å². The van der Waals surface area contributed by atoms with E-state index in [-0.39, 0.29) is 30.3 Å². The standard InChI is InChI=1S/C16H16FN5O2/c17-11-4-3-10-5-6-22(12(10)8-11)9-14(23)18-16-19-15(20-21-16)13-2-1-7-24-13/h3-6,8,13H,1-2,7,9H2,(H2,18,19,20,21,23)/t13-/m1/s1. The Balaban J connectivity index is 1.45. The van der Waals surface area contributed by atoms with Crippen molar-refractivity contribution in [3.8, 4) is 0 Å². The summed E-state index contributed by atoms with van der Waals surface area (Å²) in [5.74, 6) is 0.220. The largest absolute Gasteiger partial charge is 0.370 e.